The van der Waals surface area contributed by atoms with E-state index in [1.54, 1.807) is 42.1 Å². The van der Waals surface area contributed by atoms with Gasteiger partial charge >= 0.3 is 13.0 Å². The summed E-state index contributed by atoms with van der Waals surface area (Å²) in [5, 5.41) is 27.4. The summed E-state index contributed by atoms with van der Waals surface area (Å²) in [5.41, 5.74) is 1.85. The molecule has 3 aromatic rings. The maximum atomic E-state index is 12.6. The van der Waals surface area contributed by atoms with Crippen molar-refractivity contribution in [2.75, 3.05) is 0 Å². The predicted molar refractivity (Wildman–Crippen MR) is 136 cm³/mol. The Labute approximate surface area is 216 Å². The third-order valence-corrected chi connectivity index (χ3v) is 5.46. The number of hydrogen-bond acceptors (Lipinski definition) is 13. The lowest BCUT2D eigenvalue weighted by molar-refractivity contribution is 0.0504. The first-order valence-electron chi connectivity index (χ1n) is 11.2. The fourth-order valence-corrected chi connectivity index (χ4v) is 3.52. The lowest BCUT2D eigenvalue weighted by Gasteiger charge is -2.14. The smallest absolute Gasteiger partial charge is 0.370 e. The maximum absolute atomic E-state index is 12.6. The van der Waals surface area contributed by atoms with Crippen LogP contribution in [-0.4, -0.2) is 35.0 Å². The van der Waals surface area contributed by atoms with Crippen molar-refractivity contribution >= 4 is 24.5 Å². The molecule has 3 rings (SSSR count). The SMILES string of the molecule is NOC(=O)c1cccc(C[C@H](N=NC(=O)c2ccc(CNCc3cccnc3)cc2)B(N=O)NO)c1N=O. The number of rotatable bonds is 13. The van der Waals surface area contributed by atoms with E-state index in [1.165, 1.54) is 18.2 Å². The summed E-state index contributed by atoms with van der Waals surface area (Å²) in [5.74, 6) is 1.95. The van der Waals surface area contributed by atoms with E-state index in [9.17, 15) is 24.6 Å². The molecular weight excluding hydrogens is 495 g/mol. The Morgan fingerprint density at radius 1 is 1.05 bits per heavy atom. The van der Waals surface area contributed by atoms with E-state index >= 15 is 0 Å². The monoisotopic (exact) mass is 518 g/mol. The van der Waals surface area contributed by atoms with Gasteiger partial charge in [-0.25, -0.2) is 10.2 Å². The first-order valence-corrected chi connectivity index (χ1v) is 11.2. The van der Waals surface area contributed by atoms with Crippen LogP contribution in [0.15, 0.2) is 87.5 Å². The molecule has 38 heavy (non-hydrogen) atoms. The van der Waals surface area contributed by atoms with Crippen molar-refractivity contribution in [2.45, 2.75) is 25.5 Å². The van der Waals surface area contributed by atoms with Crippen LogP contribution in [0.1, 0.15) is 37.4 Å². The minimum Gasteiger partial charge on any atom is -0.370 e. The number of carbonyl (C=O) groups excluding carboxylic acids is 2. The van der Waals surface area contributed by atoms with Gasteiger partial charge in [-0.05, 0) is 52.6 Å². The second-order valence-corrected chi connectivity index (χ2v) is 7.94. The van der Waals surface area contributed by atoms with Crippen molar-refractivity contribution < 1.29 is 19.6 Å². The number of benzene rings is 2. The Morgan fingerprint density at radius 3 is 2.45 bits per heavy atom. The molecule has 0 aliphatic rings. The van der Waals surface area contributed by atoms with Crippen LogP contribution in [0, 0.1) is 9.81 Å². The van der Waals surface area contributed by atoms with E-state index in [0.717, 1.165) is 11.1 Å². The normalized spacial score (nSPS) is 11.6. The summed E-state index contributed by atoms with van der Waals surface area (Å²) in [6.07, 6.45) is 3.23. The molecule has 2 aromatic carbocycles. The third kappa shape index (κ3) is 7.47. The van der Waals surface area contributed by atoms with Crippen molar-refractivity contribution in [3.8, 4) is 0 Å². The third-order valence-electron chi connectivity index (χ3n) is 5.46. The van der Waals surface area contributed by atoms with Crippen LogP contribution < -0.4 is 16.6 Å². The van der Waals surface area contributed by atoms with Gasteiger partial charge in [0.2, 0.25) is 0 Å². The Bertz CT molecular complexity index is 1290. The number of aromatic nitrogens is 1. The molecule has 1 atom stereocenters. The number of pyridine rings is 1. The van der Waals surface area contributed by atoms with Crippen molar-refractivity contribution in [1.29, 1.82) is 0 Å². The van der Waals surface area contributed by atoms with Gasteiger partial charge < -0.3 is 15.4 Å². The summed E-state index contributed by atoms with van der Waals surface area (Å²) in [7, 11) is 0. The van der Waals surface area contributed by atoms with Gasteiger partial charge in [0.05, 0.1) is 11.5 Å². The van der Waals surface area contributed by atoms with E-state index < -0.39 is 24.8 Å². The van der Waals surface area contributed by atoms with E-state index in [-0.39, 0.29) is 28.8 Å². The minimum absolute atomic E-state index is 0.159. The van der Waals surface area contributed by atoms with Crippen LogP contribution in [0.5, 0.6) is 0 Å². The van der Waals surface area contributed by atoms with Crippen LogP contribution in [0.3, 0.4) is 0 Å². The number of nitrogens with two attached hydrogens (primary N) is 1. The highest BCUT2D eigenvalue weighted by Gasteiger charge is 2.31. The van der Waals surface area contributed by atoms with E-state index in [0.29, 0.717) is 13.1 Å². The second-order valence-electron chi connectivity index (χ2n) is 7.94. The summed E-state index contributed by atoms with van der Waals surface area (Å²) in [4.78, 5) is 55.3. The van der Waals surface area contributed by atoms with Gasteiger partial charge in [0.25, 0.3) is 5.91 Å². The Balaban J connectivity index is 1.71. The van der Waals surface area contributed by atoms with Crippen LogP contribution in [0.2, 0.25) is 0 Å². The van der Waals surface area contributed by atoms with Crippen molar-refractivity contribution in [3.63, 3.8) is 0 Å². The van der Waals surface area contributed by atoms with Gasteiger partial charge in [-0.15, -0.1) is 15.1 Å². The molecule has 1 aromatic heterocycles. The van der Waals surface area contributed by atoms with Crippen molar-refractivity contribution in [2.24, 2.45) is 26.4 Å². The zero-order valence-electron chi connectivity index (χ0n) is 19.9. The highest BCUT2D eigenvalue weighted by Crippen LogP contribution is 2.27. The number of hydrogen-bond donors (Lipinski definition) is 4. The maximum Gasteiger partial charge on any atom is 0.467 e. The molecule has 0 aliphatic carbocycles. The molecule has 0 saturated carbocycles. The summed E-state index contributed by atoms with van der Waals surface area (Å²) < 4.78 is 0. The number of azo groups is 1. The molecule has 5 N–H and O–H groups in total. The van der Waals surface area contributed by atoms with Gasteiger partial charge in [0.15, 0.2) is 0 Å². The molecule has 0 aliphatic heterocycles. The fourth-order valence-electron chi connectivity index (χ4n) is 3.52. The zero-order valence-corrected chi connectivity index (χ0v) is 19.9. The average Bonchev–Trinajstić information content (AvgIpc) is 2.96. The molecule has 15 heteroatoms. The number of nitrogens with zero attached hydrogens (tertiary/aromatic N) is 5. The lowest BCUT2D eigenvalue weighted by Crippen LogP contribution is -2.41. The molecule has 0 saturated heterocycles. The van der Waals surface area contributed by atoms with Crippen LogP contribution in [-0.2, 0) is 24.3 Å². The minimum atomic E-state index is -1.52. The molecule has 0 radical (unpaired) electrons. The molecule has 0 fully saturated rings. The fraction of sp³-hybridized carbons (Fsp3) is 0.174. The largest absolute Gasteiger partial charge is 0.467 e. The topological polar surface area (TPSA) is 210 Å². The van der Waals surface area contributed by atoms with Gasteiger partial charge in [-0.2, -0.15) is 15.9 Å². The first kappa shape index (κ1) is 28.0. The highest BCUT2D eigenvalue weighted by atomic mass is 16.7. The van der Waals surface area contributed by atoms with Crippen molar-refractivity contribution in [3.05, 3.63) is 105 Å². The quantitative estimate of drug-likeness (QED) is 0.112. The molecule has 0 unspecified atom stereocenters. The summed E-state index contributed by atoms with van der Waals surface area (Å²) >= 11 is 0. The van der Waals surface area contributed by atoms with Gasteiger partial charge in [-0.3, -0.25) is 9.78 Å². The van der Waals surface area contributed by atoms with Gasteiger partial charge in [0, 0.05) is 31.0 Å². The highest BCUT2D eigenvalue weighted by molar-refractivity contribution is 6.55. The van der Waals surface area contributed by atoms with E-state index in [2.05, 4.69) is 35.6 Å². The molecule has 1 heterocycles. The molecule has 14 nitrogen and oxygen atoms in total. The summed E-state index contributed by atoms with van der Waals surface area (Å²) in [6.45, 7) is -0.331. The predicted octanol–water partition coefficient (Wildman–Crippen LogP) is 2.78. The molecular formula is C23H23BN8O6. The standard InChI is InChI=1S/C23H23BN8O6/c25-38-23(34)19-5-1-4-18(21(19)30-35)11-20(24(31-36)32-37)28-29-22(33)17-8-6-15(7-9-17)12-27-14-16-3-2-10-26-13-16/h1-10,13,20,27,31,36H,11-12,14,25H2/t20-/m0/s1. The molecule has 0 spiro atoms. The van der Waals surface area contributed by atoms with Crippen LogP contribution in [0.4, 0.5) is 5.69 Å². The lowest BCUT2D eigenvalue weighted by atomic mass is 9.68. The van der Waals surface area contributed by atoms with E-state index in [4.69, 9.17) is 5.90 Å². The van der Waals surface area contributed by atoms with Crippen LogP contribution >= 0.6 is 0 Å². The number of carbonyl (C=O) groups is 2. The van der Waals surface area contributed by atoms with Gasteiger partial charge in [-0.1, -0.05) is 30.3 Å². The van der Waals surface area contributed by atoms with Crippen molar-refractivity contribution in [1.82, 2.24) is 15.7 Å². The van der Waals surface area contributed by atoms with Crippen LogP contribution in [0.25, 0.3) is 0 Å². The molecule has 194 valence electrons. The Morgan fingerprint density at radius 2 is 1.82 bits per heavy atom. The second kappa shape index (κ2) is 14.2. The number of nitroso groups, excluding NO2 is 2. The summed E-state index contributed by atoms with van der Waals surface area (Å²) in [6, 6.07) is 14.6. The Kier molecular flexibility index (Phi) is 10.5. The zero-order chi connectivity index (χ0) is 27.3. The number of amides is 1. The number of nitrogens with one attached hydrogen (secondary N) is 2. The Hall–Kier alpha value is -4.57. The molecule has 0 bridgehead atoms. The molecule has 1 amide bonds. The van der Waals surface area contributed by atoms with E-state index in [1.807, 2.05) is 12.1 Å². The van der Waals surface area contributed by atoms with Gasteiger partial charge in [0.1, 0.15) is 5.69 Å². The average molecular weight is 518 g/mol. The first-order chi connectivity index (χ1) is 18.5.